The summed E-state index contributed by atoms with van der Waals surface area (Å²) in [7, 11) is 0. The van der Waals surface area contributed by atoms with Crippen LogP contribution in [0.3, 0.4) is 0 Å². The van der Waals surface area contributed by atoms with Crippen LogP contribution in [0.2, 0.25) is 0 Å². The third kappa shape index (κ3) is 14.3. The second-order valence-corrected chi connectivity index (χ2v) is 5.92. The van der Waals surface area contributed by atoms with Gasteiger partial charge in [-0.25, -0.2) is 0 Å². The van der Waals surface area contributed by atoms with Gasteiger partial charge in [-0.15, -0.1) is 0 Å². The molecule has 0 saturated heterocycles. The van der Waals surface area contributed by atoms with Crippen molar-refractivity contribution >= 4 is 43.7 Å². The second-order valence-electron chi connectivity index (χ2n) is 4.80. The van der Waals surface area contributed by atoms with E-state index >= 15 is 0 Å². The first kappa shape index (κ1) is 19.9. The van der Waals surface area contributed by atoms with Crippen LogP contribution in [0, 0.1) is 0 Å². The first-order valence-electron chi connectivity index (χ1n) is 7.36. The molecule has 0 aromatic carbocycles. The van der Waals surface area contributed by atoms with E-state index in [1.807, 2.05) is 0 Å². The Labute approximate surface area is 139 Å². The third-order valence-electron chi connectivity index (χ3n) is 2.99. The number of nitrogens with one attached hydrogen (secondary N) is 2. The van der Waals surface area contributed by atoms with Crippen molar-refractivity contribution in [3.63, 3.8) is 0 Å². The molecule has 0 rings (SSSR count). The fraction of sp³-hybridized carbons (Fsp3) is 0.857. The average Bonchev–Trinajstić information content (AvgIpc) is 2.47. The number of carbonyl (C=O) groups excluding carboxylic acids is 2. The van der Waals surface area contributed by atoms with Gasteiger partial charge in [-0.1, -0.05) is 70.4 Å². The highest BCUT2D eigenvalue weighted by Crippen LogP contribution is 2.08. The maximum atomic E-state index is 10.9. The van der Waals surface area contributed by atoms with Gasteiger partial charge in [0.15, 0.2) is 0 Å². The molecular formula is C14H26Br2N2O2. The van der Waals surface area contributed by atoms with Crippen LogP contribution in [-0.4, -0.2) is 35.6 Å². The summed E-state index contributed by atoms with van der Waals surface area (Å²) >= 11 is 6.24. The predicted molar refractivity (Wildman–Crippen MR) is 90.5 cm³/mol. The van der Waals surface area contributed by atoms with Gasteiger partial charge < -0.3 is 10.6 Å². The van der Waals surface area contributed by atoms with Gasteiger partial charge in [0.25, 0.3) is 0 Å². The molecular weight excluding hydrogens is 388 g/mol. The minimum Gasteiger partial charge on any atom is -0.355 e. The molecule has 2 amide bonds. The van der Waals surface area contributed by atoms with Crippen molar-refractivity contribution in [3.8, 4) is 0 Å². The van der Waals surface area contributed by atoms with Gasteiger partial charge in [0.1, 0.15) is 0 Å². The summed E-state index contributed by atoms with van der Waals surface area (Å²) in [5, 5.41) is 6.48. The second kappa shape index (κ2) is 15.3. The molecule has 0 spiro atoms. The van der Waals surface area contributed by atoms with Crippen LogP contribution in [0.4, 0.5) is 0 Å². The molecule has 0 aliphatic rings. The zero-order valence-corrected chi connectivity index (χ0v) is 15.2. The van der Waals surface area contributed by atoms with Crippen molar-refractivity contribution in [3.05, 3.63) is 0 Å². The summed E-state index contributed by atoms with van der Waals surface area (Å²) < 4.78 is 0. The van der Waals surface area contributed by atoms with Crippen LogP contribution >= 0.6 is 31.9 Å². The number of hydrogen-bond donors (Lipinski definition) is 2. The zero-order chi connectivity index (χ0) is 15.1. The lowest BCUT2D eigenvalue weighted by Gasteiger charge is -2.04. The number of rotatable bonds is 13. The van der Waals surface area contributed by atoms with E-state index in [0.717, 1.165) is 25.9 Å². The Morgan fingerprint density at radius 3 is 1.20 bits per heavy atom. The molecule has 0 atom stereocenters. The average molecular weight is 414 g/mol. The van der Waals surface area contributed by atoms with E-state index in [4.69, 9.17) is 0 Å². The Morgan fingerprint density at radius 1 is 0.600 bits per heavy atom. The van der Waals surface area contributed by atoms with E-state index in [1.165, 1.54) is 38.5 Å². The number of unbranched alkanes of at least 4 members (excludes halogenated alkanes) is 7. The first-order chi connectivity index (χ1) is 9.70. The van der Waals surface area contributed by atoms with Gasteiger partial charge in [0, 0.05) is 13.1 Å². The van der Waals surface area contributed by atoms with E-state index in [1.54, 1.807) is 0 Å². The molecule has 0 unspecified atom stereocenters. The molecule has 0 heterocycles. The Bertz CT molecular complexity index is 238. The molecule has 4 nitrogen and oxygen atoms in total. The van der Waals surface area contributed by atoms with Gasteiger partial charge >= 0.3 is 0 Å². The van der Waals surface area contributed by atoms with Crippen molar-refractivity contribution in [1.29, 1.82) is 0 Å². The monoisotopic (exact) mass is 412 g/mol. The maximum Gasteiger partial charge on any atom is 0.230 e. The SMILES string of the molecule is O=C(CBr)NCCCCCCCCCCNC(=O)CBr. The summed E-state index contributed by atoms with van der Waals surface area (Å²) in [5.74, 6) is 0.133. The number of alkyl halides is 2. The third-order valence-corrected chi connectivity index (χ3v) is 4.01. The van der Waals surface area contributed by atoms with E-state index in [-0.39, 0.29) is 11.8 Å². The molecule has 118 valence electrons. The predicted octanol–water partition coefficient (Wildman–Crippen LogP) is 3.13. The number of hydrogen-bond acceptors (Lipinski definition) is 2. The maximum absolute atomic E-state index is 10.9. The normalized spacial score (nSPS) is 10.3. The molecule has 0 bridgehead atoms. The molecule has 0 aliphatic carbocycles. The molecule has 20 heavy (non-hydrogen) atoms. The van der Waals surface area contributed by atoms with Gasteiger partial charge in [-0.05, 0) is 12.8 Å². The molecule has 0 saturated carbocycles. The molecule has 0 aromatic rings. The highest BCUT2D eigenvalue weighted by atomic mass is 79.9. The van der Waals surface area contributed by atoms with Gasteiger partial charge in [-0.2, -0.15) is 0 Å². The molecule has 0 aromatic heterocycles. The van der Waals surface area contributed by atoms with Crippen LogP contribution < -0.4 is 10.6 Å². The fourth-order valence-electron chi connectivity index (χ4n) is 1.86. The van der Waals surface area contributed by atoms with Crippen LogP contribution in [0.1, 0.15) is 51.4 Å². The van der Waals surface area contributed by atoms with Crippen LogP contribution in [0.5, 0.6) is 0 Å². The Balaban J connectivity index is 3.06. The minimum atomic E-state index is 0.0667. The topological polar surface area (TPSA) is 58.2 Å². The fourth-order valence-corrected chi connectivity index (χ4v) is 2.26. The highest BCUT2D eigenvalue weighted by Gasteiger charge is 1.97. The molecule has 6 heteroatoms. The lowest BCUT2D eigenvalue weighted by molar-refractivity contribution is -0.119. The Hall–Kier alpha value is -0.100. The van der Waals surface area contributed by atoms with Crippen molar-refractivity contribution < 1.29 is 9.59 Å². The summed E-state index contributed by atoms with van der Waals surface area (Å²) in [6.07, 6.45) is 9.51. The lowest BCUT2D eigenvalue weighted by atomic mass is 10.1. The van der Waals surface area contributed by atoms with Gasteiger partial charge in [0.2, 0.25) is 11.8 Å². The minimum absolute atomic E-state index is 0.0667. The molecule has 0 radical (unpaired) electrons. The van der Waals surface area contributed by atoms with Crippen LogP contribution in [-0.2, 0) is 9.59 Å². The van der Waals surface area contributed by atoms with Crippen molar-refractivity contribution in [2.45, 2.75) is 51.4 Å². The summed E-state index contributed by atoms with van der Waals surface area (Å²) in [5.41, 5.74) is 0. The highest BCUT2D eigenvalue weighted by molar-refractivity contribution is 9.09. The van der Waals surface area contributed by atoms with Crippen molar-refractivity contribution in [1.82, 2.24) is 10.6 Å². The van der Waals surface area contributed by atoms with E-state index in [0.29, 0.717) is 10.7 Å². The smallest absolute Gasteiger partial charge is 0.230 e. The number of halogens is 2. The number of carbonyl (C=O) groups is 2. The largest absolute Gasteiger partial charge is 0.355 e. The quantitative estimate of drug-likeness (QED) is 0.360. The summed E-state index contributed by atoms with van der Waals surface area (Å²) in [4.78, 5) is 21.9. The van der Waals surface area contributed by atoms with E-state index < -0.39 is 0 Å². The Morgan fingerprint density at radius 2 is 0.900 bits per heavy atom. The van der Waals surface area contributed by atoms with Crippen molar-refractivity contribution in [2.24, 2.45) is 0 Å². The lowest BCUT2D eigenvalue weighted by Crippen LogP contribution is -2.25. The number of amides is 2. The summed E-state index contributed by atoms with van der Waals surface area (Å²) in [6, 6.07) is 0. The Kier molecular flexibility index (Phi) is 15.2. The van der Waals surface area contributed by atoms with E-state index in [2.05, 4.69) is 42.5 Å². The van der Waals surface area contributed by atoms with E-state index in [9.17, 15) is 9.59 Å². The zero-order valence-electron chi connectivity index (χ0n) is 12.1. The van der Waals surface area contributed by atoms with Gasteiger partial charge in [-0.3, -0.25) is 9.59 Å². The molecule has 0 fully saturated rings. The van der Waals surface area contributed by atoms with Gasteiger partial charge in [0.05, 0.1) is 10.7 Å². The first-order valence-corrected chi connectivity index (χ1v) is 9.60. The standard InChI is InChI=1S/C14H26Br2N2O2/c15-11-13(19)17-9-7-5-3-1-2-4-6-8-10-18-14(20)12-16/h1-12H2,(H,17,19)(H,18,20). The van der Waals surface area contributed by atoms with Crippen LogP contribution in [0.15, 0.2) is 0 Å². The molecule has 0 aliphatic heterocycles. The van der Waals surface area contributed by atoms with Crippen molar-refractivity contribution in [2.75, 3.05) is 23.7 Å². The molecule has 2 N–H and O–H groups in total. The van der Waals surface area contributed by atoms with Crippen LogP contribution in [0.25, 0.3) is 0 Å². The summed E-state index contributed by atoms with van der Waals surface area (Å²) in [6.45, 7) is 1.58.